The Morgan fingerprint density at radius 2 is 2.70 bits per heavy atom. The van der Waals surface area contributed by atoms with E-state index >= 15 is 0 Å². The summed E-state index contributed by atoms with van der Waals surface area (Å²) in [4.78, 5) is 10.6. The fraction of sp³-hybridized carbons (Fsp3) is 0.286. The van der Waals surface area contributed by atoms with Crippen molar-refractivity contribution in [3.63, 3.8) is 0 Å². The normalized spacial score (nSPS) is 22.3. The van der Waals surface area contributed by atoms with Crippen LogP contribution >= 0.6 is 0 Å². The first kappa shape index (κ1) is 6.84. The molecule has 3 heteroatoms. The average Bonchev–Trinajstić information content (AvgIpc) is 2.31. The van der Waals surface area contributed by atoms with Crippen molar-refractivity contribution in [3.8, 4) is 12.3 Å². The van der Waals surface area contributed by atoms with Crippen LogP contribution in [-0.2, 0) is 14.3 Å². The third-order valence-corrected chi connectivity index (χ3v) is 1.02. The maximum Gasteiger partial charge on any atom is 0.344 e. The molecular formula is C7H6O3. The van der Waals surface area contributed by atoms with E-state index < -0.39 is 12.1 Å². The Balaban J connectivity index is 2.35. The highest BCUT2D eigenvalue weighted by atomic mass is 16.6. The van der Waals surface area contributed by atoms with E-state index in [-0.39, 0.29) is 6.61 Å². The number of carbonyl (C=O) groups is 1. The molecule has 0 bridgehead atoms. The molecule has 0 spiro atoms. The minimum Gasteiger partial charge on any atom is -0.433 e. The van der Waals surface area contributed by atoms with Gasteiger partial charge in [0.15, 0.2) is 6.10 Å². The molecule has 0 radical (unpaired) electrons. The van der Waals surface area contributed by atoms with Crippen LogP contribution in [0.3, 0.4) is 0 Å². The summed E-state index contributed by atoms with van der Waals surface area (Å²) in [7, 11) is 0. The lowest BCUT2D eigenvalue weighted by Crippen LogP contribution is -2.18. The quantitative estimate of drug-likeness (QED) is 0.400. The van der Waals surface area contributed by atoms with Crippen LogP contribution in [0.15, 0.2) is 12.3 Å². The highest BCUT2D eigenvalue weighted by Crippen LogP contribution is 2.05. The highest BCUT2D eigenvalue weighted by Gasteiger charge is 2.21. The molecule has 1 rings (SSSR count). The van der Waals surface area contributed by atoms with E-state index in [1.54, 1.807) is 0 Å². The van der Waals surface area contributed by atoms with Gasteiger partial charge in [-0.15, -0.1) is 6.42 Å². The Labute approximate surface area is 58.6 Å². The van der Waals surface area contributed by atoms with E-state index in [9.17, 15) is 4.79 Å². The molecule has 1 aliphatic heterocycles. The lowest BCUT2D eigenvalue weighted by atomic mass is 10.4. The fourth-order valence-electron chi connectivity index (χ4n) is 0.585. The van der Waals surface area contributed by atoms with Crippen molar-refractivity contribution in [2.24, 2.45) is 0 Å². The van der Waals surface area contributed by atoms with E-state index in [2.05, 4.69) is 10.7 Å². The van der Waals surface area contributed by atoms with Gasteiger partial charge in [0, 0.05) is 0 Å². The van der Waals surface area contributed by atoms with Crippen LogP contribution in [0, 0.1) is 12.3 Å². The van der Waals surface area contributed by atoms with Gasteiger partial charge in [-0.25, -0.2) is 4.79 Å². The second-order valence-corrected chi connectivity index (χ2v) is 1.70. The molecule has 0 fully saturated rings. The molecule has 10 heavy (non-hydrogen) atoms. The summed E-state index contributed by atoms with van der Waals surface area (Å²) >= 11 is 0. The molecule has 1 heterocycles. The highest BCUT2D eigenvalue weighted by molar-refractivity contribution is 5.79. The van der Waals surface area contributed by atoms with Gasteiger partial charge in [-0.05, 0) is 6.08 Å². The zero-order valence-electron chi connectivity index (χ0n) is 5.24. The van der Waals surface area contributed by atoms with Crippen LogP contribution in [0.25, 0.3) is 0 Å². The maximum absolute atomic E-state index is 10.6. The number of ether oxygens (including phenoxy) is 2. The van der Waals surface area contributed by atoms with Gasteiger partial charge in [0.05, 0.1) is 6.26 Å². The van der Waals surface area contributed by atoms with Crippen molar-refractivity contribution in [2.75, 3.05) is 6.61 Å². The van der Waals surface area contributed by atoms with Gasteiger partial charge in [0.2, 0.25) is 0 Å². The van der Waals surface area contributed by atoms with Crippen LogP contribution in [0.4, 0.5) is 0 Å². The van der Waals surface area contributed by atoms with Gasteiger partial charge >= 0.3 is 5.97 Å². The first-order valence-corrected chi connectivity index (χ1v) is 2.77. The third-order valence-electron chi connectivity index (χ3n) is 1.02. The van der Waals surface area contributed by atoms with Crippen LogP contribution in [0.5, 0.6) is 0 Å². The number of hydrogen-bond donors (Lipinski definition) is 0. The number of carbonyl (C=O) groups excluding carboxylic acids is 1. The average molecular weight is 138 g/mol. The molecule has 0 saturated heterocycles. The Hall–Kier alpha value is -1.27. The fourth-order valence-corrected chi connectivity index (χ4v) is 0.585. The molecule has 0 aromatic carbocycles. The van der Waals surface area contributed by atoms with Crippen molar-refractivity contribution in [3.05, 3.63) is 12.3 Å². The lowest BCUT2D eigenvalue weighted by Gasteiger charge is -2.01. The Morgan fingerprint density at radius 3 is 3.20 bits per heavy atom. The predicted molar refractivity (Wildman–Crippen MR) is 33.8 cm³/mol. The van der Waals surface area contributed by atoms with Crippen molar-refractivity contribution in [1.29, 1.82) is 0 Å². The van der Waals surface area contributed by atoms with Crippen LogP contribution in [-0.4, -0.2) is 18.7 Å². The van der Waals surface area contributed by atoms with Crippen molar-refractivity contribution < 1.29 is 14.3 Å². The van der Waals surface area contributed by atoms with Crippen molar-refractivity contribution in [2.45, 2.75) is 6.10 Å². The number of terminal acetylenes is 1. The smallest absolute Gasteiger partial charge is 0.344 e. The second-order valence-electron chi connectivity index (χ2n) is 1.70. The van der Waals surface area contributed by atoms with E-state index in [0.29, 0.717) is 0 Å². The monoisotopic (exact) mass is 138 g/mol. The predicted octanol–water partition coefficient (Wildman–Crippen LogP) is 0.0753. The first-order valence-electron chi connectivity index (χ1n) is 2.77. The summed E-state index contributed by atoms with van der Waals surface area (Å²) in [5.74, 6) is 1.84. The first-order chi connectivity index (χ1) is 4.84. The minimum atomic E-state index is -0.601. The third kappa shape index (κ3) is 1.36. The van der Waals surface area contributed by atoms with E-state index in [1.807, 2.05) is 0 Å². The van der Waals surface area contributed by atoms with Crippen LogP contribution in [0.1, 0.15) is 0 Å². The minimum absolute atomic E-state index is 0.129. The molecular weight excluding hydrogens is 132 g/mol. The number of esters is 1. The molecule has 0 N–H and O–H groups in total. The molecule has 0 aliphatic carbocycles. The molecule has 1 unspecified atom stereocenters. The maximum atomic E-state index is 10.6. The van der Waals surface area contributed by atoms with Gasteiger partial charge in [-0.1, -0.05) is 5.92 Å². The molecule has 0 aromatic heterocycles. The van der Waals surface area contributed by atoms with Crippen molar-refractivity contribution >= 4 is 5.97 Å². The second kappa shape index (κ2) is 3.04. The molecule has 1 atom stereocenters. The van der Waals surface area contributed by atoms with E-state index in [0.717, 1.165) is 0 Å². The van der Waals surface area contributed by atoms with Gasteiger partial charge in [-0.3, -0.25) is 0 Å². The zero-order chi connectivity index (χ0) is 7.40. The lowest BCUT2D eigenvalue weighted by molar-refractivity contribution is -0.144. The number of cyclic esters (lactones) is 1. The van der Waals surface area contributed by atoms with Crippen molar-refractivity contribution in [1.82, 2.24) is 0 Å². The number of rotatable bonds is 2. The summed E-state index contributed by atoms with van der Waals surface area (Å²) in [6, 6.07) is 0. The molecule has 1 aliphatic rings. The van der Waals surface area contributed by atoms with Gasteiger partial charge in [-0.2, -0.15) is 0 Å². The Morgan fingerprint density at radius 1 is 1.90 bits per heavy atom. The SMILES string of the molecule is C#CCOC1C=COC1=O. The summed E-state index contributed by atoms with van der Waals surface area (Å²) in [6.07, 6.45) is 7.11. The molecule has 3 nitrogen and oxygen atoms in total. The van der Waals surface area contributed by atoms with Gasteiger partial charge in [0.25, 0.3) is 0 Å². The Kier molecular flexibility index (Phi) is 2.08. The summed E-state index contributed by atoms with van der Waals surface area (Å²) in [5.41, 5.74) is 0. The molecule has 0 aromatic rings. The molecule has 0 amide bonds. The summed E-state index contributed by atoms with van der Waals surface area (Å²) in [5, 5.41) is 0. The standard InChI is InChI=1S/C7H6O3/c1-2-4-9-6-3-5-10-7(6)8/h1,3,5-6H,4H2. The zero-order valence-corrected chi connectivity index (χ0v) is 5.24. The summed E-state index contributed by atoms with van der Waals surface area (Å²) < 4.78 is 9.32. The topological polar surface area (TPSA) is 35.5 Å². The van der Waals surface area contributed by atoms with Crippen LogP contribution in [0.2, 0.25) is 0 Å². The Bertz CT molecular complexity index is 199. The summed E-state index contributed by atoms with van der Waals surface area (Å²) in [6.45, 7) is 0.129. The van der Waals surface area contributed by atoms with E-state index in [1.165, 1.54) is 12.3 Å². The molecule has 0 saturated carbocycles. The van der Waals surface area contributed by atoms with Gasteiger partial charge < -0.3 is 9.47 Å². The van der Waals surface area contributed by atoms with Gasteiger partial charge in [0.1, 0.15) is 6.61 Å². The number of hydrogen-bond acceptors (Lipinski definition) is 3. The van der Waals surface area contributed by atoms with E-state index in [4.69, 9.17) is 11.2 Å². The molecule has 52 valence electrons. The largest absolute Gasteiger partial charge is 0.433 e. The van der Waals surface area contributed by atoms with Crippen LogP contribution < -0.4 is 0 Å².